The molecule has 61 heavy (non-hydrogen) atoms. The zero-order chi connectivity index (χ0) is 40.3. The van der Waals surface area contributed by atoms with Gasteiger partial charge in [0.2, 0.25) is 0 Å². The fraction of sp³-hybridized carbons (Fsp3) is 0.103. The van der Waals surface area contributed by atoms with Crippen LogP contribution in [-0.2, 0) is 0 Å². The van der Waals surface area contributed by atoms with E-state index in [2.05, 4.69) is 217 Å². The molecule has 1 aliphatic carbocycles. The molecule has 12 rings (SSSR count). The summed E-state index contributed by atoms with van der Waals surface area (Å²) in [6.07, 6.45) is 5.37. The lowest BCUT2D eigenvalue weighted by Gasteiger charge is -2.28. The maximum Gasteiger partial charge on any atom is 0.0540 e. The van der Waals surface area contributed by atoms with Crippen LogP contribution in [0.5, 0.6) is 0 Å². The Labute approximate surface area is 366 Å². The zero-order valence-electron chi connectivity index (χ0n) is 33.8. The molecule has 1 fully saturated rings. The highest BCUT2D eigenvalue weighted by Gasteiger charge is 2.36. The molecule has 9 aromatic carbocycles. The fourth-order valence-corrected chi connectivity index (χ4v) is 13.0. The highest BCUT2D eigenvalue weighted by Crippen LogP contribution is 2.55. The minimum Gasteiger partial charge on any atom is -0.310 e. The second-order valence-corrected chi connectivity index (χ2v) is 18.9. The molecule has 0 amide bonds. The number of anilines is 3. The summed E-state index contributed by atoms with van der Waals surface area (Å²) >= 11 is 4.02. The molecule has 10 aromatic rings. The average Bonchev–Trinajstić information content (AvgIpc) is 3.91. The van der Waals surface area contributed by atoms with Crippen molar-refractivity contribution in [3.8, 4) is 44.5 Å². The lowest BCUT2D eigenvalue weighted by molar-refractivity contribution is 0.461. The van der Waals surface area contributed by atoms with Gasteiger partial charge in [0.05, 0.1) is 5.69 Å². The summed E-state index contributed by atoms with van der Waals surface area (Å²) in [7, 11) is 0. The number of para-hydroxylation sites is 1. The highest BCUT2D eigenvalue weighted by atomic mass is 32.2. The molecule has 292 valence electrons. The minimum atomic E-state index is 0.701. The summed E-state index contributed by atoms with van der Waals surface area (Å²) < 4.78 is 2.67. The van der Waals surface area contributed by atoms with Crippen molar-refractivity contribution in [1.82, 2.24) is 0 Å². The molecule has 1 aliphatic heterocycles. The van der Waals surface area contributed by atoms with Crippen LogP contribution in [0, 0.1) is 0 Å². The number of thioether (sulfide) groups is 1. The van der Waals surface area contributed by atoms with Crippen molar-refractivity contribution in [2.75, 3.05) is 4.90 Å². The normalized spacial score (nSPS) is 15.9. The largest absolute Gasteiger partial charge is 0.310 e. The Morgan fingerprint density at radius 1 is 0.426 bits per heavy atom. The summed E-state index contributed by atoms with van der Waals surface area (Å²) in [5, 5.41) is 5.87. The molecule has 0 bridgehead atoms. The standard InChI is InChI=1S/C58H43NS2/c1-2-14-40-35-44(30-29-38(40)13-1)47-19-3-6-26-54(47)59(45-33-31-39(32-34-45)48-22-11-24-52-50-20-4-7-27-55(50)60-57(48)52)46-18-10-16-42(37-46)41-15-9-17-43(36-41)49-23-12-25-53-51-21-5-8-28-56(51)61-58(49)53/h1-3,5-6,8-19,21-26,28-37,50,55H,4,7,20,27H2. The maximum atomic E-state index is 2.46. The van der Waals surface area contributed by atoms with Gasteiger partial charge in [-0.1, -0.05) is 165 Å². The first kappa shape index (κ1) is 36.5. The van der Waals surface area contributed by atoms with E-state index in [1.807, 2.05) is 11.3 Å². The maximum absolute atomic E-state index is 2.46. The fourth-order valence-electron chi connectivity index (χ4n) is 10.1. The molecule has 2 aliphatic rings. The van der Waals surface area contributed by atoms with Gasteiger partial charge in [0.25, 0.3) is 0 Å². The van der Waals surface area contributed by atoms with Gasteiger partial charge in [-0.3, -0.25) is 0 Å². The Hall–Kier alpha value is -6.39. The number of hydrogen-bond acceptors (Lipinski definition) is 3. The van der Waals surface area contributed by atoms with Gasteiger partial charge in [0.15, 0.2) is 0 Å². The van der Waals surface area contributed by atoms with Gasteiger partial charge < -0.3 is 4.90 Å². The van der Waals surface area contributed by atoms with Crippen LogP contribution in [-0.4, -0.2) is 5.25 Å². The van der Waals surface area contributed by atoms with E-state index in [0.29, 0.717) is 5.92 Å². The topological polar surface area (TPSA) is 3.24 Å². The van der Waals surface area contributed by atoms with Crippen LogP contribution in [0.2, 0.25) is 0 Å². The van der Waals surface area contributed by atoms with Crippen LogP contribution < -0.4 is 4.90 Å². The molecule has 1 aromatic heterocycles. The molecule has 2 heterocycles. The van der Waals surface area contributed by atoms with E-state index in [4.69, 9.17) is 0 Å². The van der Waals surface area contributed by atoms with E-state index in [1.54, 1.807) is 5.56 Å². The molecule has 0 saturated heterocycles. The van der Waals surface area contributed by atoms with E-state index < -0.39 is 0 Å². The molecular formula is C58H43NS2. The van der Waals surface area contributed by atoms with Gasteiger partial charge >= 0.3 is 0 Å². The second-order valence-electron chi connectivity index (χ2n) is 16.6. The number of thiophene rings is 1. The number of hydrogen-bond donors (Lipinski definition) is 0. The minimum absolute atomic E-state index is 0.701. The van der Waals surface area contributed by atoms with E-state index in [-0.39, 0.29) is 0 Å². The summed E-state index contributed by atoms with van der Waals surface area (Å²) in [6.45, 7) is 0. The van der Waals surface area contributed by atoms with Crippen LogP contribution >= 0.6 is 23.1 Å². The Bertz CT molecular complexity index is 3270. The first-order valence-electron chi connectivity index (χ1n) is 21.6. The van der Waals surface area contributed by atoms with E-state index in [1.165, 1.54) is 106 Å². The number of fused-ring (bicyclic) bond motifs is 7. The first-order valence-corrected chi connectivity index (χ1v) is 23.3. The molecule has 2 unspecified atom stereocenters. The van der Waals surface area contributed by atoms with Gasteiger partial charge in [-0.2, -0.15) is 0 Å². The SMILES string of the molecule is c1cc(-c2cccc(N(c3ccc(-c4cccc5c4SC4CCCCC54)cc3)c3ccccc3-c3ccc4ccccc4c3)c2)cc(-c2cccc3c2sc2ccccc23)c1. The Morgan fingerprint density at radius 2 is 1.10 bits per heavy atom. The predicted octanol–water partition coefficient (Wildman–Crippen LogP) is 17.5. The average molecular weight is 818 g/mol. The summed E-state index contributed by atoms with van der Waals surface area (Å²) in [5.74, 6) is 0.701. The third-order valence-corrected chi connectivity index (χ3v) is 15.9. The molecule has 3 heteroatoms. The van der Waals surface area contributed by atoms with E-state index >= 15 is 0 Å². The van der Waals surface area contributed by atoms with Gasteiger partial charge in [-0.25, -0.2) is 0 Å². The number of rotatable bonds is 7. The summed E-state index contributed by atoms with van der Waals surface area (Å²) in [6, 6.07) is 74.5. The van der Waals surface area contributed by atoms with Gasteiger partial charge in [0.1, 0.15) is 0 Å². The van der Waals surface area contributed by atoms with Crippen molar-refractivity contribution < 1.29 is 0 Å². The lowest BCUT2D eigenvalue weighted by Crippen LogP contribution is -2.14. The van der Waals surface area contributed by atoms with Gasteiger partial charge in [0, 0.05) is 47.3 Å². The van der Waals surface area contributed by atoms with Gasteiger partial charge in [-0.15, -0.1) is 23.1 Å². The first-order chi connectivity index (χ1) is 30.2. The van der Waals surface area contributed by atoms with Crippen molar-refractivity contribution in [1.29, 1.82) is 0 Å². The Balaban J connectivity index is 0.973. The Kier molecular flexibility index (Phi) is 9.12. The smallest absolute Gasteiger partial charge is 0.0540 e. The highest BCUT2D eigenvalue weighted by molar-refractivity contribution is 8.00. The third-order valence-electron chi connectivity index (χ3n) is 13.1. The molecular weight excluding hydrogens is 775 g/mol. The molecule has 0 N–H and O–H groups in total. The monoisotopic (exact) mass is 817 g/mol. The molecule has 0 spiro atoms. The second kappa shape index (κ2) is 15.3. The van der Waals surface area contributed by atoms with Crippen molar-refractivity contribution in [2.24, 2.45) is 0 Å². The van der Waals surface area contributed by atoms with Crippen molar-refractivity contribution in [2.45, 2.75) is 41.7 Å². The van der Waals surface area contributed by atoms with Crippen LogP contribution in [0.1, 0.15) is 37.2 Å². The quantitative estimate of drug-likeness (QED) is 0.158. The number of benzene rings is 9. The van der Waals surface area contributed by atoms with Gasteiger partial charge in [-0.05, 0) is 123 Å². The summed E-state index contributed by atoms with van der Waals surface area (Å²) in [5.41, 5.74) is 14.9. The number of nitrogens with zero attached hydrogens (tertiary/aromatic N) is 1. The molecule has 1 nitrogen and oxygen atoms in total. The molecule has 1 saturated carbocycles. The third kappa shape index (κ3) is 6.47. The predicted molar refractivity (Wildman–Crippen MR) is 264 cm³/mol. The van der Waals surface area contributed by atoms with E-state index in [0.717, 1.165) is 22.3 Å². The van der Waals surface area contributed by atoms with Crippen LogP contribution in [0.4, 0.5) is 17.1 Å². The summed E-state index contributed by atoms with van der Waals surface area (Å²) in [4.78, 5) is 3.96. The van der Waals surface area contributed by atoms with Crippen molar-refractivity contribution >= 4 is 71.1 Å². The van der Waals surface area contributed by atoms with Crippen LogP contribution in [0.25, 0.3) is 75.5 Å². The molecule has 2 atom stereocenters. The van der Waals surface area contributed by atoms with Crippen LogP contribution in [0.15, 0.2) is 205 Å². The lowest BCUT2D eigenvalue weighted by atomic mass is 9.83. The Morgan fingerprint density at radius 3 is 2.03 bits per heavy atom. The van der Waals surface area contributed by atoms with Crippen molar-refractivity contribution in [3.05, 3.63) is 206 Å². The van der Waals surface area contributed by atoms with E-state index in [9.17, 15) is 0 Å². The van der Waals surface area contributed by atoms with Crippen LogP contribution in [0.3, 0.4) is 0 Å². The zero-order valence-corrected chi connectivity index (χ0v) is 35.4. The molecule has 0 radical (unpaired) electrons. The van der Waals surface area contributed by atoms with Crippen molar-refractivity contribution in [3.63, 3.8) is 0 Å².